The minimum Gasteiger partial charge on any atom is -0.423 e. The molecule has 5 nitrogen and oxygen atoms in total. The highest BCUT2D eigenvalue weighted by Gasteiger charge is 2.06. The molecule has 0 saturated heterocycles. The Labute approximate surface area is 181 Å². The summed E-state index contributed by atoms with van der Waals surface area (Å²) in [7, 11) is 0. The summed E-state index contributed by atoms with van der Waals surface area (Å²) in [5.41, 5.74) is 3.65. The van der Waals surface area contributed by atoms with Gasteiger partial charge in [-0.05, 0) is 42.8 Å². The van der Waals surface area contributed by atoms with Crippen molar-refractivity contribution in [1.29, 1.82) is 0 Å². The van der Waals surface area contributed by atoms with E-state index < -0.39 is 5.97 Å². The number of hydrogen-bond acceptors (Lipinski definition) is 5. The first-order valence-electron chi connectivity index (χ1n) is 9.89. The third kappa shape index (κ3) is 5.64. The van der Waals surface area contributed by atoms with Gasteiger partial charge in [0.15, 0.2) is 0 Å². The van der Waals surface area contributed by atoms with Crippen LogP contribution in [0, 0.1) is 6.92 Å². The van der Waals surface area contributed by atoms with Crippen LogP contribution in [0.25, 0.3) is 17.3 Å². The molecular weight excluding hydrogens is 386 g/mol. The van der Waals surface area contributed by atoms with E-state index in [-0.39, 0.29) is 0 Å². The fourth-order valence-corrected chi connectivity index (χ4v) is 3.02. The molecule has 0 spiro atoms. The van der Waals surface area contributed by atoms with Crippen molar-refractivity contribution in [2.45, 2.75) is 6.92 Å². The smallest absolute Gasteiger partial charge is 0.336 e. The number of anilines is 2. The van der Waals surface area contributed by atoms with Gasteiger partial charge in [0, 0.05) is 23.4 Å². The molecule has 0 unspecified atom stereocenters. The number of nitrogens with zero attached hydrogens (tertiary/aromatic N) is 2. The maximum absolute atomic E-state index is 12.0. The molecule has 0 radical (unpaired) electrons. The number of benzene rings is 3. The largest absolute Gasteiger partial charge is 0.423 e. The molecule has 0 fully saturated rings. The second-order valence-electron chi connectivity index (χ2n) is 6.87. The molecule has 3 aromatic carbocycles. The second kappa shape index (κ2) is 9.50. The van der Waals surface area contributed by atoms with Crippen LogP contribution < -0.4 is 10.1 Å². The Morgan fingerprint density at radius 2 is 1.55 bits per heavy atom. The third-order valence-electron chi connectivity index (χ3n) is 4.46. The van der Waals surface area contributed by atoms with Gasteiger partial charge in [0.25, 0.3) is 0 Å². The molecule has 5 heteroatoms. The maximum Gasteiger partial charge on any atom is 0.336 e. The first-order chi connectivity index (χ1) is 15.2. The van der Waals surface area contributed by atoms with E-state index in [2.05, 4.69) is 15.3 Å². The quantitative estimate of drug-likeness (QED) is 0.248. The Balaban J connectivity index is 1.41. The van der Waals surface area contributed by atoms with Crippen molar-refractivity contribution >= 4 is 23.6 Å². The lowest BCUT2D eigenvalue weighted by molar-refractivity contribution is -0.128. The first-order valence-corrected chi connectivity index (χ1v) is 9.89. The van der Waals surface area contributed by atoms with E-state index in [1.165, 1.54) is 6.08 Å². The minimum absolute atomic E-state index is 0.427. The minimum atomic E-state index is -0.427. The summed E-state index contributed by atoms with van der Waals surface area (Å²) in [5, 5.41) is 3.28. The van der Waals surface area contributed by atoms with Gasteiger partial charge in [0.1, 0.15) is 17.4 Å². The molecular formula is C26H21N3O2. The van der Waals surface area contributed by atoms with E-state index in [1.807, 2.05) is 85.8 Å². The summed E-state index contributed by atoms with van der Waals surface area (Å²) in [6.45, 7) is 1.86. The number of carbonyl (C=O) groups is 1. The highest BCUT2D eigenvalue weighted by molar-refractivity contribution is 5.88. The Kier molecular flexibility index (Phi) is 6.14. The molecule has 0 aliphatic rings. The van der Waals surface area contributed by atoms with Gasteiger partial charge in [-0.2, -0.15) is 0 Å². The number of carbonyl (C=O) groups excluding carboxylic acids is 1. The molecule has 0 aliphatic carbocycles. The summed E-state index contributed by atoms with van der Waals surface area (Å²) >= 11 is 0. The molecule has 0 atom stereocenters. The van der Waals surface area contributed by atoms with Crippen molar-refractivity contribution in [3.8, 4) is 17.0 Å². The van der Waals surface area contributed by atoms with Crippen LogP contribution >= 0.6 is 0 Å². The number of hydrogen-bond donors (Lipinski definition) is 1. The van der Waals surface area contributed by atoms with E-state index in [9.17, 15) is 4.79 Å². The maximum atomic E-state index is 12.0. The van der Waals surface area contributed by atoms with Gasteiger partial charge < -0.3 is 10.1 Å². The molecule has 0 bridgehead atoms. The Hall–Kier alpha value is -4.25. The lowest BCUT2D eigenvalue weighted by atomic mass is 10.1. The lowest BCUT2D eigenvalue weighted by Crippen LogP contribution is -2.03. The molecule has 152 valence electrons. The van der Waals surface area contributed by atoms with Crippen LogP contribution in [0.15, 0.2) is 97.1 Å². The fourth-order valence-electron chi connectivity index (χ4n) is 3.02. The van der Waals surface area contributed by atoms with Gasteiger partial charge in [-0.3, -0.25) is 0 Å². The van der Waals surface area contributed by atoms with E-state index in [0.717, 1.165) is 22.5 Å². The van der Waals surface area contributed by atoms with Crippen LogP contribution in [0.2, 0.25) is 0 Å². The number of ether oxygens (including phenoxy) is 1. The van der Waals surface area contributed by atoms with Gasteiger partial charge in [-0.25, -0.2) is 14.8 Å². The van der Waals surface area contributed by atoms with Gasteiger partial charge in [-0.1, -0.05) is 60.7 Å². The Morgan fingerprint density at radius 1 is 0.871 bits per heavy atom. The monoisotopic (exact) mass is 407 g/mol. The highest BCUT2D eigenvalue weighted by Crippen LogP contribution is 2.23. The Morgan fingerprint density at radius 3 is 2.26 bits per heavy atom. The summed E-state index contributed by atoms with van der Waals surface area (Å²) < 4.78 is 5.36. The molecule has 1 aromatic heterocycles. The summed E-state index contributed by atoms with van der Waals surface area (Å²) in [6, 6.07) is 28.6. The van der Waals surface area contributed by atoms with Crippen LogP contribution in [0.4, 0.5) is 11.5 Å². The van der Waals surface area contributed by atoms with Gasteiger partial charge in [-0.15, -0.1) is 0 Å². The van der Waals surface area contributed by atoms with Crippen molar-refractivity contribution in [2.24, 2.45) is 0 Å². The van der Waals surface area contributed by atoms with E-state index in [0.29, 0.717) is 17.4 Å². The zero-order valence-electron chi connectivity index (χ0n) is 17.0. The van der Waals surface area contributed by atoms with Crippen LogP contribution in [0.5, 0.6) is 5.75 Å². The van der Waals surface area contributed by atoms with Gasteiger partial charge in [0.05, 0.1) is 5.69 Å². The SMILES string of the molecule is Cc1nc(Nc2ccc(OC(=O)/C=C/c3ccccc3)cc2)cc(-c2ccccc2)n1. The summed E-state index contributed by atoms with van der Waals surface area (Å²) in [5.74, 6) is 1.42. The van der Waals surface area contributed by atoms with Crippen molar-refractivity contribution < 1.29 is 9.53 Å². The lowest BCUT2D eigenvalue weighted by Gasteiger charge is -2.09. The molecule has 4 rings (SSSR count). The third-order valence-corrected chi connectivity index (χ3v) is 4.46. The predicted molar refractivity (Wildman–Crippen MR) is 123 cm³/mol. The number of esters is 1. The molecule has 4 aromatic rings. The van der Waals surface area contributed by atoms with Crippen molar-refractivity contribution in [3.63, 3.8) is 0 Å². The zero-order valence-corrected chi connectivity index (χ0v) is 17.0. The normalized spacial score (nSPS) is 10.7. The number of aryl methyl sites for hydroxylation is 1. The van der Waals surface area contributed by atoms with E-state index in [1.54, 1.807) is 18.2 Å². The van der Waals surface area contributed by atoms with E-state index >= 15 is 0 Å². The molecule has 1 heterocycles. The van der Waals surface area contributed by atoms with Gasteiger partial charge >= 0.3 is 5.97 Å². The first kappa shape index (κ1) is 20.0. The average Bonchev–Trinajstić information content (AvgIpc) is 2.80. The number of nitrogens with one attached hydrogen (secondary N) is 1. The fraction of sp³-hybridized carbons (Fsp3) is 0.0385. The number of rotatable bonds is 6. The van der Waals surface area contributed by atoms with Crippen molar-refractivity contribution in [1.82, 2.24) is 9.97 Å². The van der Waals surface area contributed by atoms with E-state index in [4.69, 9.17) is 4.74 Å². The van der Waals surface area contributed by atoms with Crippen LogP contribution in [-0.4, -0.2) is 15.9 Å². The molecule has 1 N–H and O–H groups in total. The molecule has 0 aliphatic heterocycles. The number of aromatic nitrogens is 2. The van der Waals surface area contributed by atoms with Crippen LogP contribution in [0.1, 0.15) is 11.4 Å². The topological polar surface area (TPSA) is 64.1 Å². The molecule has 31 heavy (non-hydrogen) atoms. The van der Waals surface area contributed by atoms with Crippen molar-refractivity contribution in [3.05, 3.63) is 108 Å². The average molecular weight is 407 g/mol. The van der Waals surface area contributed by atoms with Crippen molar-refractivity contribution in [2.75, 3.05) is 5.32 Å². The Bertz CT molecular complexity index is 1190. The highest BCUT2D eigenvalue weighted by atomic mass is 16.5. The summed E-state index contributed by atoms with van der Waals surface area (Å²) in [4.78, 5) is 21.0. The summed E-state index contributed by atoms with van der Waals surface area (Å²) in [6.07, 6.45) is 3.14. The molecule has 0 amide bonds. The van der Waals surface area contributed by atoms with Crippen LogP contribution in [-0.2, 0) is 4.79 Å². The van der Waals surface area contributed by atoms with Gasteiger partial charge in [0.2, 0.25) is 0 Å². The second-order valence-corrected chi connectivity index (χ2v) is 6.87. The standard InChI is InChI=1S/C26H21N3O2/c1-19-27-24(21-10-6-3-7-11-21)18-25(28-19)29-22-13-15-23(16-14-22)31-26(30)17-12-20-8-4-2-5-9-20/h2-18H,1H3,(H,27,28,29)/b17-12+. The predicted octanol–water partition coefficient (Wildman–Crippen LogP) is 5.81. The molecule has 0 saturated carbocycles. The zero-order chi connectivity index (χ0) is 21.5. The van der Waals surface area contributed by atoms with Crippen LogP contribution in [0.3, 0.4) is 0 Å².